The second-order valence-corrected chi connectivity index (χ2v) is 12.2. The van der Waals surface area contributed by atoms with Crippen LogP contribution in [0.25, 0.3) is 0 Å². The Kier molecular flexibility index (Phi) is 6.12. The summed E-state index contributed by atoms with van der Waals surface area (Å²) in [6.45, 7) is 0.122. The molecular weight excluding hydrogens is 512 g/mol. The van der Waals surface area contributed by atoms with Crippen LogP contribution in [0.15, 0.2) is 41.3 Å². The molecule has 2 fully saturated rings. The van der Waals surface area contributed by atoms with Gasteiger partial charge in [0.2, 0.25) is 5.91 Å². The van der Waals surface area contributed by atoms with Gasteiger partial charge in [-0.3, -0.25) is 9.59 Å². The summed E-state index contributed by atoms with van der Waals surface area (Å²) in [4.78, 5) is 28.5. The molecule has 0 radical (unpaired) electrons. The van der Waals surface area contributed by atoms with Gasteiger partial charge in [0.15, 0.2) is 9.84 Å². The summed E-state index contributed by atoms with van der Waals surface area (Å²) < 4.78 is 79.8. The van der Waals surface area contributed by atoms with Crippen molar-refractivity contribution in [1.29, 1.82) is 0 Å². The zero-order chi connectivity index (χ0) is 26.8. The fraction of sp³-hybridized carbons (Fsp3) is 0.462. The van der Waals surface area contributed by atoms with Crippen LogP contribution in [0.3, 0.4) is 0 Å². The number of fused-ring (bicyclic) bond motifs is 1. The number of rotatable bonds is 5. The Morgan fingerprint density at radius 1 is 1.08 bits per heavy atom. The first-order valence-electron chi connectivity index (χ1n) is 12.2. The largest absolute Gasteiger partial charge is 0.416 e. The Labute approximate surface area is 211 Å². The van der Waals surface area contributed by atoms with Crippen LogP contribution in [0.4, 0.5) is 17.6 Å². The minimum Gasteiger partial charge on any atom is -0.368 e. The number of amides is 2. The number of carbonyl (C=O) groups is 2. The van der Waals surface area contributed by atoms with E-state index in [1.807, 2.05) is 0 Å². The summed E-state index contributed by atoms with van der Waals surface area (Å²) in [5.74, 6) is -3.80. The van der Waals surface area contributed by atoms with Crippen molar-refractivity contribution in [2.75, 3.05) is 12.3 Å². The summed E-state index contributed by atoms with van der Waals surface area (Å²) in [5.41, 5.74) is 3.75. The van der Waals surface area contributed by atoms with Crippen LogP contribution >= 0.6 is 0 Å². The van der Waals surface area contributed by atoms with Gasteiger partial charge in [0, 0.05) is 18.0 Å². The molecule has 6 nitrogen and oxygen atoms in total. The Hall–Kier alpha value is -2.95. The standard InChI is InChI=1S/C26H26F4N2O4S/c27-20-14-18(26(28,29)30)7-8-19(20)22(16-4-5-16)25(24(31)34)10-1-2-11-32(25)23(33)17-6-3-15-9-12-37(35,36)21(15)13-17/h3,6-8,13-14,16,22H,1-2,4-5,9-12H2,(H2,31,34)/t22-,25?/m1/s1. The van der Waals surface area contributed by atoms with Gasteiger partial charge in [0.25, 0.3) is 5.91 Å². The molecule has 1 saturated carbocycles. The fourth-order valence-electron chi connectivity index (χ4n) is 5.99. The number of carbonyl (C=O) groups excluding carboxylic acids is 2. The van der Waals surface area contributed by atoms with E-state index in [2.05, 4.69) is 0 Å². The highest BCUT2D eigenvalue weighted by Crippen LogP contribution is 2.54. The van der Waals surface area contributed by atoms with Crippen LogP contribution in [0, 0.1) is 11.7 Å². The fourth-order valence-corrected chi connectivity index (χ4v) is 7.58. The minimum absolute atomic E-state index is 0.0497. The quantitative estimate of drug-likeness (QED) is 0.577. The second-order valence-electron chi connectivity index (χ2n) is 10.1. The summed E-state index contributed by atoms with van der Waals surface area (Å²) in [7, 11) is -3.53. The number of piperidine rings is 1. The Bertz CT molecular complexity index is 1390. The molecule has 0 bridgehead atoms. The van der Waals surface area contributed by atoms with E-state index in [1.165, 1.54) is 17.0 Å². The number of sulfone groups is 1. The highest BCUT2D eigenvalue weighted by molar-refractivity contribution is 7.91. The SMILES string of the molecule is NC(=O)C1([C@@H](c2ccc(C(F)(F)F)cc2F)C2CC2)CCCCN1C(=O)c1ccc2c(c1)S(=O)(=O)CC2. The molecule has 1 aliphatic carbocycles. The molecular formula is C26H26F4N2O4S. The summed E-state index contributed by atoms with van der Waals surface area (Å²) in [6.07, 6.45) is -2.00. The van der Waals surface area contributed by atoms with Crippen LogP contribution in [-0.4, -0.2) is 43.0 Å². The van der Waals surface area contributed by atoms with E-state index in [1.54, 1.807) is 6.07 Å². The smallest absolute Gasteiger partial charge is 0.368 e. The lowest BCUT2D eigenvalue weighted by Gasteiger charge is -2.50. The molecule has 0 aromatic heterocycles. The third-order valence-electron chi connectivity index (χ3n) is 7.90. The van der Waals surface area contributed by atoms with Gasteiger partial charge in [-0.25, -0.2) is 12.8 Å². The molecule has 2 heterocycles. The normalized spacial score (nSPS) is 23.9. The highest BCUT2D eigenvalue weighted by Gasteiger charge is 2.57. The first-order chi connectivity index (χ1) is 17.4. The molecule has 2 N–H and O–H groups in total. The molecule has 0 spiro atoms. The average Bonchev–Trinajstić information content (AvgIpc) is 3.63. The molecule has 37 heavy (non-hydrogen) atoms. The van der Waals surface area contributed by atoms with Crippen LogP contribution in [-0.2, 0) is 27.2 Å². The maximum Gasteiger partial charge on any atom is 0.416 e. The van der Waals surface area contributed by atoms with Gasteiger partial charge in [-0.2, -0.15) is 13.2 Å². The molecule has 1 saturated heterocycles. The maximum atomic E-state index is 15.3. The van der Waals surface area contributed by atoms with Gasteiger partial charge in [0.1, 0.15) is 11.4 Å². The number of nitrogens with zero attached hydrogens (tertiary/aromatic N) is 1. The van der Waals surface area contributed by atoms with Gasteiger partial charge >= 0.3 is 6.18 Å². The van der Waals surface area contributed by atoms with Gasteiger partial charge in [-0.05, 0) is 79.8 Å². The number of alkyl halides is 3. The van der Waals surface area contributed by atoms with Crippen molar-refractivity contribution in [3.05, 3.63) is 64.5 Å². The minimum atomic E-state index is -4.74. The zero-order valence-corrected chi connectivity index (χ0v) is 20.7. The third-order valence-corrected chi connectivity index (χ3v) is 9.69. The lowest BCUT2D eigenvalue weighted by Crippen LogP contribution is -2.65. The van der Waals surface area contributed by atoms with E-state index in [0.29, 0.717) is 43.7 Å². The average molecular weight is 539 g/mol. The molecule has 11 heteroatoms. The second kappa shape index (κ2) is 8.82. The summed E-state index contributed by atoms with van der Waals surface area (Å²) in [6, 6.07) is 6.64. The van der Waals surface area contributed by atoms with Crippen molar-refractivity contribution in [2.45, 2.75) is 61.1 Å². The third kappa shape index (κ3) is 4.30. The molecule has 5 rings (SSSR count). The maximum absolute atomic E-state index is 15.3. The number of nitrogens with two attached hydrogens (primary N) is 1. The Morgan fingerprint density at radius 3 is 2.43 bits per heavy atom. The van der Waals surface area contributed by atoms with Crippen molar-refractivity contribution in [1.82, 2.24) is 4.90 Å². The first kappa shape index (κ1) is 25.7. The molecule has 2 aromatic carbocycles. The first-order valence-corrected chi connectivity index (χ1v) is 13.9. The van der Waals surface area contributed by atoms with E-state index in [4.69, 9.17) is 5.73 Å². The van der Waals surface area contributed by atoms with E-state index in [0.717, 1.165) is 12.1 Å². The number of benzene rings is 2. The Balaban J connectivity index is 1.61. The van der Waals surface area contributed by atoms with Gasteiger partial charge < -0.3 is 10.6 Å². The van der Waals surface area contributed by atoms with Gasteiger partial charge in [-0.1, -0.05) is 12.1 Å². The van der Waals surface area contributed by atoms with Crippen LogP contribution in [0.2, 0.25) is 0 Å². The van der Waals surface area contributed by atoms with E-state index in [-0.39, 0.29) is 40.7 Å². The van der Waals surface area contributed by atoms with Crippen LogP contribution < -0.4 is 5.73 Å². The lowest BCUT2D eigenvalue weighted by atomic mass is 9.69. The molecule has 2 atom stereocenters. The van der Waals surface area contributed by atoms with Crippen molar-refractivity contribution in [3.8, 4) is 0 Å². The molecule has 198 valence electrons. The van der Waals surface area contributed by atoms with Crippen LogP contribution in [0.5, 0.6) is 0 Å². The molecule has 1 unspecified atom stereocenters. The van der Waals surface area contributed by atoms with E-state index < -0.39 is 50.7 Å². The molecule has 2 aliphatic heterocycles. The van der Waals surface area contributed by atoms with E-state index >= 15 is 4.39 Å². The lowest BCUT2D eigenvalue weighted by molar-refractivity contribution is -0.138. The highest BCUT2D eigenvalue weighted by atomic mass is 32.2. The Morgan fingerprint density at radius 2 is 1.81 bits per heavy atom. The number of primary amides is 1. The van der Waals surface area contributed by atoms with Crippen molar-refractivity contribution in [2.24, 2.45) is 11.7 Å². The summed E-state index contributed by atoms with van der Waals surface area (Å²) in [5, 5.41) is 0. The number of aryl methyl sites for hydroxylation is 1. The monoisotopic (exact) mass is 538 g/mol. The molecule has 3 aliphatic rings. The van der Waals surface area contributed by atoms with Gasteiger partial charge in [0.05, 0.1) is 16.2 Å². The van der Waals surface area contributed by atoms with Crippen molar-refractivity contribution in [3.63, 3.8) is 0 Å². The van der Waals surface area contributed by atoms with Crippen molar-refractivity contribution >= 4 is 21.7 Å². The number of hydrogen-bond donors (Lipinski definition) is 1. The zero-order valence-electron chi connectivity index (χ0n) is 19.9. The molecule has 2 amide bonds. The van der Waals surface area contributed by atoms with Gasteiger partial charge in [-0.15, -0.1) is 0 Å². The molecule has 2 aromatic rings. The number of hydrogen-bond acceptors (Lipinski definition) is 4. The van der Waals surface area contributed by atoms with Crippen molar-refractivity contribution < 1.29 is 35.6 Å². The van der Waals surface area contributed by atoms with E-state index in [9.17, 15) is 31.2 Å². The topological polar surface area (TPSA) is 97.5 Å². The van der Waals surface area contributed by atoms with Crippen LogP contribution in [0.1, 0.15) is 65.1 Å². The predicted octanol–water partition coefficient (Wildman–Crippen LogP) is 4.22. The summed E-state index contributed by atoms with van der Waals surface area (Å²) >= 11 is 0. The number of likely N-dealkylation sites (tertiary alicyclic amines) is 1. The number of halogens is 4. The predicted molar refractivity (Wildman–Crippen MR) is 126 cm³/mol.